The lowest BCUT2D eigenvalue weighted by Gasteiger charge is -2.18. The zero-order valence-electron chi connectivity index (χ0n) is 7.79. The van der Waals surface area contributed by atoms with Crippen LogP contribution in [0, 0.1) is 0 Å². The molecule has 0 aromatic heterocycles. The van der Waals surface area contributed by atoms with Gasteiger partial charge >= 0.3 is 0 Å². The summed E-state index contributed by atoms with van der Waals surface area (Å²) in [4.78, 5) is 0. The Labute approximate surface area is 78.2 Å². The van der Waals surface area contributed by atoms with Crippen LogP contribution >= 0.6 is 0 Å². The number of benzene rings is 1. The van der Waals surface area contributed by atoms with Crippen molar-refractivity contribution in [3.8, 4) is 5.75 Å². The van der Waals surface area contributed by atoms with Gasteiger partial charge in [0.15, 0.2) is 0 Å². The Morgan fingerprint density at radius 1 is 1.46 bits per heavy atom. The number of hydrogen-bond acceptors (Lipinski definition) is 2. The number of hydrogen-bond donors (Lipinski definition) is 1. The predicted molar refractivity (Wildman–Crippen MR) is 50.9 cm³/mol. The first-order chi connectivity index (χ1) is 6.27. The SMILES string of the molecule is CC(O)c1ccc2c(c1)CCCO2. The smallest absolute Gasteiger partial charge is 0.122 e. The third-order valence-corrected chi connectivity index (χ3v) is 2.41. The fourth-order valence-electron chi connectivity index (χ4n) is 1.64. The quantitative estimate of drug-likeness (QED) is 0.713. The molecule has 1 aromatic rings. The zero-order chi connectivity index (χ0) is 9.26. The van der Waals surface area contributed by atoms with Crippen molar-refractivity contribution in [3.63, 3.8) is 0 Å². The topological polar surface area (TPSA) is 29.5 Å². The van der Waals surface area contributed by atoms with Gasteiger partial charge in [0.05, 0.1) is 12.7 Å². The summed E-state index contributed by atoms with van der Waals surface area (Å²) < 4.78 is 5.48. The van der Waals surface area contributed by atoms with E-state index >= 15 is 0 Å². The standard InChI is InChI=1S/C11H14O2/c1-8(12)9-4-5-11-10(7-9)3-2-6-13-11/h4-5,7-8,12H,2-3,6H2,1H3. The summed E-state index contributed by atoms with van der Waals surface area (Å²) in [6.07, 6.45) is 1.76. The Morgan fingerprint density at radius 3 is 3.08 bits per heavy atom. The number of aliphatic hydroxyl groups excluding tert-OH is 1. The Hall–Kier alpha value is -1.02. The summed E-state index contributed by atoms with van der Waals surface area (Å²) in [5, 5.41) is 9.38. The first-order valence-corrected chi connectivity index (χ1v) is 4.71. The molecule has 0 radical (unpaired) electrons. The summed E-state index contributed by atoms with van der Waals surface area (Å²) in [6, 6.07) is 5.92. The minimum atomic E-state index is -0.382. The Bertz CT molecular complexity index is 305. The summed E-state index contributed by atoms with van der Waals surface area (Å²) in [6.45, 7) is 2.60. The number of fused-ring (bicyclic) bond motifs is 1. The van der Waals surface area contributed by atoms with Crippen molar-refractivity contribution in [2.75, 3.05) is 6.61 Å². The largest absolute Gasteiger partial charge is 0.493 e. The third kappa shape index (κ3) is 1.68. The molecule has 0 fully saturated rings. The second-order valence-corrected chi connectivity index (χ2v) is 3.50. The van der Waals surface area contributed by atoms with Gasteiger partial charge in [0.2, 0.25) is 0 Å². The van der Waals surface area contributed by atoms with E-state index in [2.05, 4.69) is 0 Å². The minimum absolute atomic E-state index is 0.382. The molecule has 1 aliphatic rings. The van der Waals surface area contributed by atoms with E-state index in [0.717, 1.165) is 30.8 Å². The van der Waals surface area contributed by atoms with E-state index in [-0.39, 0.29) is 6.10 Å². The molecule has 1 unspecified atom stereocenters. The molecule has 0 saturated carbocycles. The molecule has 1 aliphatic heterocycles. The van der Waals surface area contributed by atoms with Gasteiger partial charge in [0.1, 0.15) is 5.75 Å². The van der Waals surface area contributed by atoms with E-state index in [4.69, 9.17) is 4.74 Å². The average molecular weight is 178 g/mol. The fraction of sp³-hybridized carbons (Fsp3) is 0.455. The normalized spacial score (nSPS) is 17.4. The monoisotopic (exact) mass is 178 g/mol. The van der Waals surface area contributed by atoms with Gasteiger partial charge in [-0.25, -0.2) is 0 Å². The maximum absolute atomic E-state index is 9.38. The van der Waals surface area contributed by atoms with Crippen molar-refractivity contribution in [2.45, 2.75) is 25.9 Å². The highest BCUT2D eigenvalue weighted by molar-refractivity contribution is 5.39. The van der Waals surface area contributed by atoms with E-state index in [9.17, 15) is 5.11 Å². The highest BCUT2D eigenvalue weighted by Gasteiger charge is 2.11. The molecule has 0 spiro atoms. The lowest BCUT2D eigenvalue weighted by Crippen LogP contribution is -2.08. The Morgan fingerprint density at radius 2 is 2.31 bits per heavy atom. The Balaban J connectivity index is 2.35. The van der Waals surface area contributed by atoms with Gasteiger partial charge in [-0.2, -0.15) is 0 Å². The zero-order valence-corrected chi connectivity index (χ0v) is 7.79. The van der Waals surface area contributed by atoms with Gasteiger partial charge in [0, 0.05) is 0 Å². The van der Waals surface area contributed by atoms with Crippen molar-refractivity contribution in [1.82, 2.24) is 0 Å². The number of rotatable bonds is 1. The van der Waals surface area contributed by atoms with Crippen LogP contribution in [0.3, 0.4) is 0 Å². The summed E-state index contributed by atoms with van der Waals surface area (Å²) >= 11 is 0. The summed E-state index contributed by atoms with van der Waals surface area (Å²) in [5.74, 6) is 0.982. The van der Waals surface area contributed by atoms with Gasteiger partial charge < -0.3 is 9.84 Å². The number of ether oxygens (including phenoxy) is 1. The third-order valence-electron chi connectivity index (χ3n) is 2.41. The molecule has 1 aromatic carbocycles. The number of aryl methyl sites for hydroxylation is 1. The lowest BCUT2D eigenvalue weighted by atomic mass is 10.0. The van der Waals surface area contributed by atoms with E-state index in [1.54, 1.807) is 6.92 Å². The van der Waals surface area contributed by atoms with Crippen LogP contribution in [-0.2, 0) is 6.42 Å². The molecule has 1 atom stereocenters. The van der Waals surface area contributed by atoms with Crippen molar-refractivity contribution < 1.29 is 9.84 Å². The molecule has 0 amide bonds. The molecule has 1 heterocycles. The van der Waals surface area contributed by atoms with Crippen LogP contribution in [-0.4, -0.2) is 11.7 Å². The summed E-state index contributed by atoms with van der Waals surface area (Å²) in [7, 11) is 0. The minimum Gasteiger partial charge on any atom is -0.493 e. The van der Waals surface area contributed by atoms with E-state index in [1.165, 1.54) is 5.56 Å². The van der Waals surface area contributed by atoms with Gasteiger partial charge in [-0.05, 0) is 43.0 Å². The van der Waals surface area contributed by atoms with Crippen LogP contribution in [0.15, 0.2) is 18.2 Å². The molecule has 0 aliphatic carbocycles. The summed E-state index contributed by atoms with van der Waals surface area (Å²) in [5.41, 5.74) is 2.20. The van der Waals surface area contributed by atoms with Crippen LogP contribution in [0.2, 0.25) is 0 Å². The van der Waals surface area contributed by atoms with E-state index in [1.807, 2.05) is 18.2 Å². The van der Waals surface area contributed by atoms with Crippen LogP contribution < -0.4 is 4.74 Å². The van der Waals surface area contributed by atoms with Gasteiger partial charge in [0.25, 0.3) is 0 Å². The maximum Gasteiger partial charge on any atom is 0.122 e. The van der Waals surface area contributed by atoms with Crippen LogP contribution in [0.5, 0.6) is 5.75 Å². The van der Waals surface area contributed by atoms with E-state index < -0.39 is 0 Å². The predicted octanol–water partition coefficient (Wildman–Crippen LogP) is 2.06. The van der Waals surface area contributed by atoms with E-state index in [0.29, 0.717) is 0 Å². The molecule has 1 N–H and O–H groups in total. The van der Waals surface area contributed by atoms with Gasteiger partial charge in [-0.1, -0.05) is 6.07 Å². The van der Waals surface area contributed by atoms with Gasteiger partial charge in [-0.15, -0.1) is 0 Å². The molecular formula is C11H14O2. The second kappa shape index (κ2) is 3.38. The fourth-order valence-corrected chi connectivity index (χ4v) is 1.64. The highest BCUT2D eigenvalue weighted by Crippen LogP contribution is 2.27. The molecule has 13 heavy (non-hydrogen) atoms. The van der Waals surface area contributed by atoms with Crippen molar-refractivity contribution in [1.29, 1.82) is 0 Å². The maximum atomic E-state index is 9.38. The molecule has 2 heteroatoms. The molecule has 0 saturated heterocycles. The molecule has 70 valence electrons. The van der Waals surface area contributed by atoms with Gasteiger partial charge in [-0.3, -0.25) is 0 Å². The molecular weight excluding hydrogens is 164 g/mol. The first-order valence-electron chi connectivity index (χ1n) is 4.71. The lowest BCUT2D eigenvalue weighted by molar-refractivity contribution is 0.198. The van der Waals surface area contributed by atoms with Crippen LogP contribution in [0.4, 0.5) is 0 Å². The second-order valence-electron chi connectivity index (χ2n) is 3.50. The Kier molecular flexibility index (Phi) is 2.23. The molecule has 0 bridgehead atoms. The van der Waals surface area contributed by atoms with Crippen LogP contribution in [0.1, 0.15) is 30.6 Å². The molecule has 2 rings (SSSR count). The highest BCUT2D eigenvalue weighted by atomic mass is 16.5. The molecule has 2 nitrogen and oxygen atoms in total. The average Bonchev–Trinajstić information content (AvgIpc) is 2.17. The van der Waals surface area contributed by atoms with Crippen molar-refractivity contribution in [3.05, 3.63) is 29.3 Å². The first kappa shape index (κ1) is 8.57. The van der Waals surface area contributed by atoms with Crippen molar-refractivity contribution >= 4 is 0 Å². The number of aliphatic hydroxyl groups is 1. The van der Waals surface area contributed by atoms with Crippen LogP contribution in [0.25, 0.3) is 0 Å². The van der Waals surface area contributed by atoms with Crippen molar-refractivity contribution in [2.24, 2.45) is 0 Å².